The summed E-state index contributed by atoms with van der Waals surface area (Å²) in [5.74, 6) is 4.64. The van der Waals surface area contributed by atoms with Crippen molar-refractivity contribution in [2.45, 2.75) is 32.2 Å². The highest BCUT2D eigenvalue weighted by Gasteiger charge is 2.21. The highest BCUT2D eigenvalue weighted by molar-refractivity contribution is 7.99. The fraction of sp³-hybridized carbons (Fsp3) is 0.692. The lowest BCUT2D eigenvalue weighted by Crippen LogP contribution is -2.24. The third kappa shape index (κ3) is 3.29. The first-order valence-electron chi connectivity index (χ1n) is 6.24. The van der Waals surface area contributed by atoms with Gasteiger partial charge in [-0.1, -0.05) is 6.92 Å². The average molecular weight is 239 g/mol. The summed E-state index contributed by atoms with van der Waals surface area (Å²) in [5, 5.41) is 3.53. The number of thioether (sulfide) groups is 1. The molecule has 1 unspecified atom stereocenters. The molecule has 0 bridgehead atoms. The Morgan fingerprint density at radius 1 is 1.50 bits per heavy atom. The lowest BCUT2D eigenvalue weighted by molar-refractivity contribution is 0.331. The Bertz CT molecular complexity index is 280. The fourth-order valence-corrected chi connectivity index (χ4v) is 3.56. The van der Waals surface area contributed by atoms with E-state index in [1.54, 1.807) is 6.26 Å². The molecule has 2 rings (SSSR count). The summed E-state index contributed by atoms with van der Waals surface area (Å²) < 4.78 is 5.52. The molecule has 1 saturated heterocycles. The van der Waals surface area contributed by atoms with Crippen LogP contribution in [0.15, 0.2) is 22.8 Å². The van der Waals surface area contributed by atoms with Gasteiger partial charge in [-0.15, -0.1) is 0 Å². The molecule has 2 heterocycles. The van der Waals surface area contributed by atoms with Crippen LogP contribution in [-0.4, -0.2) is 18.1 Å². The molecule has 90 valence electrons. The van der Waals surface area contributed by atoms with Crippen LogP contribution in [0.1, 0.15) is 38.0 Å². The molecule has 1 fully saturated rings. The van der Waals surface area contributed by atoms with Crippen molar-refractivity contribution in [3.8, 4) is 0 Å². The summed E-state index contributed by atoms with van der Waals surface area (Å²) in [6.07, 6.45) is 5.73. The minimum absolute atomic E-state index is 0.410. The van der Waals surface area contributed by atoms with Gasteiger partial charge in [-0.05, 0) is 55.4 Å². The summed E-state index contributed by atoms with van der Waals surface area (Å²) >= 11 is 2.09. The number of hydrogen-bond acceptors (Lipinski definition) is 3. The molecule has 1 aliphatic heterocycles. The first-order valence-corrected chi connectivity index (χ1v) is 7.40. The minimum atomic E-state index is 0.410. The zero-order chi connectivity index (χ0) is 11.2. The van der Waals surface area contributed by atoms with Gasteiger partial charge in [0.15, 0.2) is 0 Å². The van der Waals surface area contributed by atoms with Crippen molar-refractivity contribution >= 4 is 11.8 Å². The van der Waals surface area contributed by atoms with Crippen molar-refractivity contribution in [1.29, 1.82) is 0 Å². The first kappa shape index (κ1) is 12.1. The monoisotopic (exact) mass is 239 g/mol. The molecule has 0 amide bonds. The maximum atomic E-state index is 5.52. The van der Waals surface area contributed by atoms with Gasteiger partial charge in [0.25, 0.3) is 0 Å². The van der Waals surface area contributed by atoms with E-state index in [1.807, 2.05) is 6.07 Å². The largest absolute Gasteiger partial charge is 0.468 e. The third-order valence-corrected chi connectivity index (χ3v) is 4.30. The van der Waals surface area contributed by atoms with Crippen molar-refractivity contribution < 1.29 is 4.42 Å². The Morgan fingerprint density at radius 2 is 2.31 bits per heavy atom. The Morgan fingerprint density at radius 3 is 2.94 bits per heavy atom. The second-order valence-electron chi connectivity index (χ2n) is 4.42. The zero-order valence-electron chi connectivity index (χ0n) is 9.95. The van der Waals surface area contributed by atoms with E-state index in [1.165, 1.54) is 30.8 Å². The topological polar surface area (TPSA) is 25.2 Å². The Kier molecular flexibility index (Phi) is 4.79. The van der Waals surface area contributed by atoms with Crippen LogP contribution in [0.3, 0.4) is 0 Å². The van der Waals surface area contributed by atoms with Crippen LogP contribution >= 0.6 is 11.8 Å². The maximum absolute atomic E-state index is 5.52. The SMILES string of the molecule is CCNC(CC1CCSCC1)c1ccco1. The zero-order valence-corrected chi connectivity index (χ0v) is 10.8. The predicted molar refractivity (Wildman–Crippen MR) is 69.8 cm³/mol. The van der Waals surface area contributed by atoms with Crippen molar-refractivity contribution in [3.05, 3.63) is 24.2 Å². The van der Waals surface area contributed by atoms with Gasteiger partial charge in [-0.2, -0.15) is 11.8 Å². The summed E-state index contributed by atoms with van der Waals surface area (Å²) in [6, 6.07) is 4.48. The first-order chi connectivity index (χ1) is 7.90. The number of nitrogens with one attached hydrogen (secondary N) is 1. The molecule has 1 aliphatic rings. The van der Waals surface area contributed by atoms with E-state index in [2.05, 4.69) is 30.1 Å². The molecule has 1 aromatic heterocycles. The van der Waals surface area contributed by atoms with Gasteiger partial charge in [-0.25, -0.2) is 0 Å². The highest BCUT2D eigenvalue weighted by atomic mass is 32.2. The van der Waals surface area contributed by atoms with Gasteiger partial charge in [0.1, 0.15) is 5.76 Å². The lowest BCUT2D eigenvalue weighted by Gasteiger charge is -2.25. The molecule has 0 aromatic carbocycles. The number of hydrogen-bond donors (Lipinski definition) is 1. The Balaban J connectivity index is 1.91. The minimum Gasteiger partial charge on any atom is -0.468 e. The highest BCUT2D eigenvalue weighted by Crippen LogP contribution is 2.31. The van der Waals surface area contributed by atoms with Crippen molar-refractivity contribution in [3.63, 3.8) is 0 Å². The lowest BCUT2D eigenvalue weighted by atomic mass is 9.93. The fourth-order valence-electron chi connectivity index (χ4n) is 2.35. The normalized spacial score (nSPS) is 19.8. The molecule has 0 radical (unpaired) electrons. The van der Waals surface area contributed by atoms with E-state index in [0.717, 1.165) is 18.2 Å². The molecule has 1 N–H and O–H groups in total. The molecule has 1 atom stereocenters. The molecule has 2 nitrogen and oxygen atoms in total. The standard InChI is InChI=1S/C13H21NOS/c1-2-14-12(13-4-3-7-15-13)10-11-5-8-16-9-6-11/h3-4,7,11-12,14H,2,5-6,8-10H2,1H3. The molecule has 3 heteroatoms. The van der Waals surface area contributed by atoms with Gasteiger partial charge in [0.05, 0.1) is 12.3 Å². The van der Waals surface area contributed by atoms with Gasteiger partial charge >= 0.3 is 0 Å². The third-order valence-electron chi connectivity index (χ3n) is 3.25. The van der Waals surface area contributed by atoms with E-state index in [-0.39, 0.29) is 0 Å². The summed E-state index contributed by atoms with van der Waals surface area (Å²) in [5.41, 5.74) is 0. The van der Waals surface area contributed by atoms with E-state index < -0.39 is 0 Å². The van der Waals surface area contributed by atoms with Crippen LogP contribution in [0.5, 0.6) is 0 Å². The molecule has 0 aliphatic carbocycles. The summed E-state index contributed by atoms with van der Waals surface area (Å²) in [4.78, 5) is 0. The molecular formula is C13H21NOS. The number of rotatable bonds is 5. The van der Waals surface area contributed by atoms with Crippen LogP contribution in [0.4, 0.5) is 0 Å². The van der Waals surface area contributed by atoms with Crippen molar-refractivity contribution in [1.82, 2.24) is 5.32 Å². The van der Waals surface area contributed by atoms with Gasteiger partial charge in [0.2, 0.25) is 0 Å². The van der Waals surface area contributed by atoms with E-state index in [4.69, 9.17) is 4.42 Å². The van der Waals surface area contributed by atoms with Crippen LogP contribution in [0.2, 0.25) is 0 Å². The van der Waals surface area contributed by atoms with E-state index >= 15 is 0 Å². The molecule has 0 saturated carbocycles. The van der Waals surface area contributed by atoms with Gasteiger partial charge in [-0.3, -0.25) is 0 Å². The maximum Gasteiger partial charge on any atom is 0.120 e. The second-order valence-corrected chi connectivity index (χ2v) is 5.64. The summed E-state index contributed by atoms with van der Waals surface area (Å²) in [7, 11) is 0. The average Bonchev–Trinajstić information content (AvgIpc) is 2.83. The Labute approximate surface area is 102 Å². The predicted octanol–water partition coefficient (Wildman–Crippen LogP) is 3.46. The quantitative estimate of drug-likeness (QED) is 0.852. The van der Waals surface area contributed by atoms with Crippen molar-refractivity contribution in [2.24, 2.45) is 5.92 Å². The second kappa shape index (κ2) is 6.36. The van der Waals surface area contributed by atoms with E-state index in [0.29, 0.717) is 6.04 Å². The van der Waals surface area contributed by atoms with Crippen LogP contribution < -0.4 is 5.32 Å². The number of furan rings is 1. The van der Waals surface area contributed by atoms with Crippen LogP contribution in [0.25, 0.3) is 0 Å². The van der Waals surface area contributed by atoms with Gasteiger partial charge < -0.3 is 9.73 Å². The van der Waals surface area contributed by atoms with E-state index in [9.17, 15) is 0 Å². The smallest absolute Gasteiger partial charge is 0.120 e. The summed E-state index contributed by atoms with van der Waals surface area (Å²) in [6.45, 7) is 3.17. The van der Waals surface area contributed by atoms with Gasteiger partial charge in [0, 0.05) is 0 Å². The molecule has 0 spiro atoms. The Hall–Kier alpha value is -0.410. The molecular weight excluding hydrogens is 218 g/mol. The van der Waals surface area contributed by atoms with Crippen molar-refractivity contribution in [2.75, 3.05) is 18.1 Å². The van der Waals surface area contributed by atoms with Crippen LogP contribution in [0, 0.1) is 5.92 Å². The molecule has 16 heavy (non-hydrogen) atoms. The van der Waals surface area contributed by atoms with Crippen LogP contribution in [-0.2, 0) is 0 Å². The molecule has 1 aromatic rings.